The number of carbonyl (C=O) groups is 2. The predicted octanol–water partition coefficient (Wildman–Crippen LogP) is 5.70. The van der Waals surface area contributed by atoms with E-state index in [1.54, 1.807) is 10.9 Å². The van der Waals surface area contributed by atoms with Crippen LogP contribution in [0.5, 0.6) is 5.75 Å². The second-order valence-corrected chi connectivity index (χ2v) is 17.5. The summed E-state index contributed by atoms with van der Waals surface area (Å²) < 4.78 is 19.2. The van der Waals surface area contributed by atoms with Gasteiger partial charge in [-0.3, -0.25) is 10.00 Å². The van der Waals surface area contributed by atoms with Crippen LogP contribution in [0.1, 0.15) is 63.0 Å². The van der Waals surface area contributed by atoms with E-state index in [1.807, 2.05) is 12.1 Å². The van der Waals surface area contributed by atoms with Gasteiger partial charge in [0.25, 0.3) is 8.32 Å². The van der Waals surface area contributed by atoms with Gasteiger partial charge < -0.3 is 24.3 Å². The van der Waals surface area contributed by atoms with Crippen molar-refractivity contribution in [2.45, 2.75) is 64.6 Å². The molecule has 0 aliphatic rings. The van der Waals surface area contributed by atoms with Gasteiger partial charge in [-0.1, -0.05) is 94.8 Å². The van der Waals surface area contributed by atoms with Gasteiger partial charge in [0.2, 0.25) is 5.95 Å². The van der Waals surface area contributed by atoms with Gasteiger partial charge in [0.1, 0.15) is 16.8 Å². The zero-order valence-corrected chi connectivity index (χ0v) is 30.8. The third kappa shape index (κ3) is 8.18. The molecule has 3 heterocycles. The van der Waals surface area contributed by atoms with E-state index in [9.17, 15) is 14.7 Å². The Hall–Kier alpha value is -5.34. The number of fused-ring (bicyclic) bond motifs is 1. The zero-order valence-electron chi connectivity index (χ0n) is 29.8. The molecule has 0 aliphatic carbocycles. The highest BCUT2D eigenvalue weighted by molar-refractivity contribution is 6.99. The number of carboxylic acids is 1. The number of aromatic carboxylic acids is 1. The number of benzene rings is 2. The first-order valence-corrected chi connectivity index (χ1v) is 18.8. The molecule has 1 amide bonds. The molecule has 0 saturated carbocycles. The van der Waals surface area contributed by atoms with Gasteiger partial charge in [0, 0.05) is 30.5 Å². The van der Waals surface area contributed by atoms with E-state index in [0.717, 1.165) is 12.8 Å². The Balaban J connectivity index is 1.49. The fourth-order valence-corrected chi connectivity index (χ4v) is 11.0. The second-order valence-electron chi connectivity index (χ2n) is 13.2. The smallest absolute Gasteiger partial charge is 0.413 e. The van der Waals surface area contributed by atoms with E-state index in [2.05, 4.69) is 102 Å². The van der Waals surface area contributed by atoms with Crippen molar-refractivity contribution in [1.29, 1.82) is 0 Å². The first-order chi connectivity index (χ1) is 24.5. The zero-order chi connectivity index (χ0) is 36.6. The number of aromatic nitrogens is 5. The molecule has 51 heavy (non-hydrogen) atoms. The Labute approximate surface area is 298 Å². The molecule has 13 nitrogen and oxygen atoms in total. The third-order valence-electron chi connectivity index (χ3n) is 8.77. The molecule has 5 aromatic rings. The molecule has 5 rings (SSSR count). The maximum atomic E-state index is 12.2. The highest BCUT2D eigenvalue weighted by atomic mass is 28.4. The number of methoxy groups -OCH3 is 2. The minimum absolute atomic E-state index is 0.0558. The Morgan fingerprint density at radius 3 is 2.20 bits per heavy atom. The van der Waals surface area contributed by atoms with E-state index in [1.165, 1.54) is 36.9 Å². The fourth-order valence-electron chi connectivity index (χ4n) is 6.42. The number of carbonyl (C=O) groups excluding carboxylic acids is 1. The quantitative estimate of drug-likeness (QED) is 0.114. The summed E-state index contributed by atoms with van der Waals surface area (Å²) in [6, 6.07) is 22.4. The summed E-state index contributed by atoms with van der Waals surface area (Å²) in [5, 5.41) is 22.5. The normalized spacial score (nSPS) is 12.4. The third-order valence-corrected chi connectivity index (χ3v) is 13.8. The van der Waals surface area contributed by atoms with E-state index >= 15 is 0 Å². The molecule has 14 heteroatoms. The molecule has 0 fully saturated rings. The molecular formula is C37H45N7O6Si. The number of hydrogen-bond donors (Lipinski definition) is 3. The molecule has 0 saturated heterocycles. The van der Waals surface area contributed by atoms with Crippen molar-refractivity contribution in [1.82, 2.24) is 24.7 Å². The summed E-state index contributed by atoms with van der Waals surface area (Å²) in [5.41, 5.74) is 1.54. The molecular weight excluding hydrogens is 667 g/mol. The van der Waals surface area contributed by atoms with Crippen LogP contribution >= 0.6 is 0 Å². The second kappa shape index (κ2) is 16.1. The number of pyridine rings is 1. The average molecular weight is 712 g/mol. The van der Waals surface area contributed by atoms with Crippen LogP contribution in [0.3, 0.4) is 0 Å². The van der Waals surface area contributed by atoms with E-state index in [-0.39, 0.29) is 29.3 Å². The van der Waals surface area contributed by atoms with E-state index < -0.39 is 20.4 Å². The number of hydrogen-bond acceptors (Lipinski definition) is 10. The van der Waals surface area contributed by atoms with Gasteiger partial charge in [0.15, 0.2) is 11.5 Å². The lowest BCUT2D eigenvalue weighted by molar-refractivity contribution is 0.0690. The molecule has 3 N–H and O–H groups in total. The van der Waals surface area contributed by atoms with Crippen molar-refractivity contribution in [2.75, 3.05) is 31.5 Å². The summed E-state index contributed by atoms with van der Waals surface area (Å²) in [5.74, 6) is -0.284. The van der Waals surface area contributed by atoms with E-state index in [4.69, 9.17) is 18.9 Å². The number of rotatable bonds is 15. The molecule has 3 aromatic heterocycles. The maximum absolute atomic E-state index is 12.2. The standard InChI is InChI=1S/C37H45N7O6Si/c1-7-14-26(19-20-50-51(37(2,3)4,27-15-10-8-11-16-27)28-17-12-9-13-18-28)40-33-32-30(41-35(42-33)43-36(47)49-6)23-39-44(32)24-25-22-38-29(34(45)46)21-31(25)48-5/h8-13,15-18,21-23,26H,7,14,19-20,24H2,1-6H3,(H,45,46)(H2,40,41,42,43,47)/t26-/m0/s1. The Bertz CT molecular complexity index is 1910. The lowest BCUT2D eigenvalue weighted by Crippen LogP contribution is -2.66. The van der Waals surface area contributed by atoms with Gasteiger partial charge in [-0.25, -0.2) is 19.6 Å². The van der Waals surface area contributed by atoms with Gasteiger partial charge >= 0.3 is 12.1 Å². The Kier molecular flexibility index (Phi) is 11.7. The number of carboxylic acid groups (broad SMARTS) is 1. The number of nitrogens with zero attached hydrogens (tertiary/aromatic N) is 5. The lowest BCUT2D eigenvalue weighted by atomic mass is 10.1. The molecule has 0 unspecified atom stereocenters. The first-order valence-electron chi connectivity index (χ1n) is 16.9. The summed E-state index contributed by atoms with van der Waals surface area (Å²) >= 11 is 0. The topological polar surface area (TPSA) is 163 Å². The van der Waals surface area contributed by atoms with Crippen molar-refractivity contribution in [3.63, 3.8) is 0 Å². The van der Waals surface area contributed by atoms with Gasteiger partial charge in [0.05, 0.1) is 27.0 Å². The van der Waals surface area contributed by atoms with Crippen LogP contribution in [0.4, 0.5) is 16.6 Å². The molecule has 2 aromatic carbocycles. The van der Waals surface area contributed by atoms with Crippen molar-refractivity contribution in [3.05, 3.63) is 90.4 Å². The number of nitrogens with one attached hydrogen (secondary N) is 2. The highest BCUT2D eigenvalue weighted by Crippen LogP contribution is 2.37. The minimum atomic E-state index is -2.75. The highest BCUT2D eigenvalue weighted by Gasteiger charge is 2.50. The maximum Gasteiger partial charge on any atom is 0.413 e. The summed E-state index contributed by atoms with van der Waals surface area (Å²) in [4.78, 5) is 37.0. The minimum Gasteiger partial charge on any atom is -0.496 e. The summed E-state index contributed by atoms with van der Waals surface area (Å²) in [6.07, 6.45) is 4.72. The monoisotopic (exact) mass is 711 g/mol. The number of ether oxygens (including phenoxy) is 2. The van der Waals surface area contributed by atoms with Crippen LogP contribution in [-0.2, 0) is 15.7 Å². The van der Waals surface area contributed by atoms with Crippen LogP contribution < -0.4 is 25.7 Å². The van der Waals surface area contributed by atoms with Gasteiger partial charge in [-0.2, -0.15) is 10.1 Å². The van der Waals surface area contributed by atoms with Crippen molar-refractivity contribution < 1.29 is 28.6 Å². The molecule has 0 aliphatic heterocycles. The Morgan fingerprint density at radius 1 is 0.961 bits per heavy atom. The van der Waals surface area contributed by atoms with Crippen LogP contribution in [-0.4, -0.2) is 77.1 Å². The largest absolute Gasteiger partial charge is 0.496 e. The Morgan fingerprint density at radius 2 is 1.63 bits per heavy atom. The van der Waals surface area contributed by atoms with Gasteiger partial charge in [-0.05, 0) is 28.3 Å². The van der Waals surface area contributed by atoms with Crippen LogP contribution in [0, 0.1) is 0 Å². The van der Waals surface area contributed by atoms with Crippen LogP contribution in [0.2, 0.25) is 5.04 Å². The molecule has 0 radical (unpaired) electrons. The van der Waals surface area contributed by atoms with Crippen molar-refractivity contribution in [3.8, 4) is 5.75 Å². The molecule has 268 valence electrons. The predicted molar refractivity (Wildman–Crippen MR) is 199 cm³/mol. The van der Waals surface area contributed by atoms with Crippen LogP contribution in [0.25, 0.3) is 11.0 Å². The van der Waals surface area contributed by atoms with Crippen LogP contribution in [0.15, 0.2) is 79.1 Å². The SMILES string of the molecule is CCC[C@@H](CCO[Si](c1ccccc1)(c1ccccc1)C(C)(C)C)Nc1nc(NC(=O)OC)nc2cnn(Cc3cnc(C(=O)O)cc3OC)c12. The summed E-state index contributed by atoms with van der Waals surface area (Å²) in [7, 11) is -0.0136. The number of anilines is 2. The molecule has 0 bridgehead atoms. The van der Waals surface area contributed by atoms with Crippen molar-refractivity contribution in [2.24, 2.45) is 0 Å². The lowest BCUT2D eigenvalue weighted by Gasteiger charge is -2.43. The average Bonchev–Trinajstić information content (AvgIpc) is 3.52. The fraction of sp³-hybridized carbons (Fsp3) is 0.351. The van der Waals surface area contributed by atoms with Crippen molar-refractivity contribution >= 4 is 53.6 Å². The molecule has 1 atom stereocenters. The summed E-state index contributed by atoms with van der Waals surface area (Å²) in [6.45, 7) is 9.59. The number of amides is 1. The van der Waals surface area contributed by atoms with Gasteiger partial charge in [-0.15, -0.1) is 0 Å². The van der Waals surface area contributed by atoms with E-state index in [0.29, 0.717) is 41.2 Å². The molecule has 0 spiro atoms. The first kappa shape index (κ1) is 36.9.